The van der Waals surface area contributed by atoms with E-state index < -0.39 is 9.84 Å². The SMILES string of the molecule is CS(=O)(=O)CCN(C(=O)Nc1cccc2[nH]ccc12)C1CC1. The fourth-order valence-corrected chi connectivity index (χ4v) is 3.01. The van der Waals surface area contributed by atoms with Crippen LogP contribution in [0.4, 0.5) is 10.5 Å². The molecular formula is C15H19N3O3S. The van der Waals surface area contributed by atoms with Crippen molar-refractivity contribution in [3.63, 3.8) is 0 Å². The predicted octanol–water partition coefficient (Wildman–Crippen LogP) is 2.21. The number of carbonyl (C=O) groups excluding carboxylic acids is 1. The molecule has 1 aromatic carbocycles. The maximum atomic E-state index is 12.5. The van der Waals surface area contributed by atoms with Crippen molar-refractivity contribution in [1.82, 2.24) is 9.88 Å². The van der Waals surface area contributed by atoms with Crippen LogP contribution in [0.1, 0.15) is 12.8 Å². The Balaban J connectivity index is 1.75. The number of aromatic amines is 1. The van der Waals surface area contributed by atoms with E-state index in [0.29, 0.717) is 0 Å². The Morgan fingerprint density at radius 3 is 2.82 bits per heavy atom. The fourth-order valence-electron chi connectivity index (χ4n) is 2.48. The summed E-state index contributed by atoms with van der Waals surface area (Å²) in [4.78, 5) is 17.2. The van der Waals surface area contributed by atoms with Crippen LogP contribution in [0, 0.1) is 0 Å². The van der Waals surface area contributed by atoms with E-state index in [2.05, 4.69) is 10.3 Å². The van der Waals surface area contributed by atoms with Gasteiger partial charge in [0.25, 0.3) is 0 Å². The summed E-state index contributed by atoms with van der Waals surface area (Å²) in [6.45, 7) is 0.235. The first-order chi connectivity index (χ1) is 10.4. The van der Waals surface area contributed by atoms with Gasteiger partial charge in [-0.3, -0.25) is 0 Å². The molecule has 22 heavy (non-hydrogen) atoms. The number of hydrogen-bond acceptors (Lipinski definition) is 3. The maximum absolute atomic E-state index is 12.5. The van der Waals surface area contributed by atoms with Gasteiger partial charge in [0.1, 0.15) is 9.84 Å². The van der Waals surface area contributed by atoms with Crippen molar-refractivity contribution < 1.29 is 13.2 Å². The summed E-state index contributed by atoms with van der Waals surface area (Å²) < 4.78 is 22.7. The zero-order valence-corrected chi connectivity index (χ0v) is 13.2. The minimum absolute atomic E-state index is 0.00866. The highest BCUT2D eigenvalue weighted by Crippen LogP contribution is 2.28. The van der Waals surface area contributed by atoms with E-state index in [0.717, 1.165) is 29.4 Å². The molecule has 3 rings (SSSR count). The summed E-state index contributed by atoms with van der Waals surface area (Å²) in [5.74, 6) is -0.00866. The molecule has 2 amide bonds. The quantitative estimate of drug-likeness (QED) is 0.886. The Morgan fingerprint density at radius 2 is 2.14 bits per heavy atom. The van der Waals surface area contributed by atoms with Crippen molar-refractivity contribution in [3.05, 3.63) is 30.5 Å². The highest BCUT2D eigenvalue weighted by Gasteiger charge is 2.33. The highest BCUT2D eigenvalue weighted by atomic mass is 32.2. The summed E-state index contributed by atoms with van der Waals surface area (Å²) in [6, 6.07) is 7.48. The third kappa shape index (κ3) is 3.41. The number of sulfone groups is 1. The summed E-state index contributed by atoms with van der Waals surface area (Å²) >= 11 is 0. The lowest BCUT2D eigenvalue weighted by Gasteiger charge is -2.22. The monoisotopic (exact) mass is 321 g/mol. The maximum Gasteiger partial charge on any atom is 0.322 e. The van der Waals surface area contributed by atoms with Gasteiger partial charge in [0, 0.05) is 35.9 Å². The zero-order valence-electron chi connectivity index (χ0n) is 12.4. The molecule has 1 aromatic heterocycles. The molecule has 0 aliphatic heterocycles. The van der Waals surface area contributed by atoms with E-state index in [1.165, 1.54) is 6.26 Å². The molecule has 0 atom stereocenters. The van der Waals surface area contributed by atoms with E-state index in [1.807, 2.05) is 30.5 Å². The van der Waals surface area contributed by atoms with Gasteiger partial charge in [-0.1, -0.05) is 6.07 Å². The van der Waals surface area contributed by atoms with Crippen LogP contribution in [0.15, 0.2) is 30.5 Å². The van der Waals surface area contributed by atoms with Gasteiger partial charge in [0.05, 0.1) is 11.4 Å². The minimum Gasteiger partial charge on any atom is -0.361 e. The first-order valence-corrected chi connectivity index (χ1v) is 9.31. The molecule has 1 aliphatic rings. The number of aromatic nitrogens is 1. The van der Waals surface area contributed by atoms with Gasteiger partial charge in [0.2, 0.25) is 0 Å². The summed E-state index contributed by atoms with van der Waals surface area (Å²) in [7, 11) is -3.08. The third-order valence-electron chi connectivity index (χ3n) is 3.79. The van der Waals surface area contributed by atoms with Gasteiger partial charge in [-0.15, -0.1) is 0 Å². The summed E-state index contributed by atoms with van der Waals surface area (Å²) in [5, 5.41) is 3.84. The second-order valence-corrected chi connectivity index (χ2v) is 7.99. The Bertz CT molecular complexity index is 793. The van der Waals surface area contributed by atoms with Gasteiger partial charge in [0.15, 0.2) is 0 Å². The molecule has 0 unspecified atom stereocenters. The molecule has 0 bridgehead atoms. The van der Waals surface area contributed by atoms with E-state index in [-0.39, 0.29) is 24.4 Å². The van der Waals surface area contributed by atoms with Crippen molar-refractivity contribution in [3.8, 4) is 0 Å². The molecule has 2 N–H and O–H groups in total. The molecule has 6 nitrogen and oxygen atoms in total. The molecule has 0 saturated heterocycles. The molecule has 0 spiro atoms. The number of anilines is 1. The first kappa shape index (κ1) is 14.9. The molecule has 1 aliphatic carbocycles. The van der Waals surface area contributed by atoms with E-state index >= 15 is 0 Å². The molecule has 0 radical (unpaired) electrons. The lowest BCUT2D eigenvalue weighted by molar-refractivity contribution is 0.212. The number of fused-ring (bicyclic) bond motifs is 1. The van der Waals surface area contributed by atoms with Gasteiger partial charge >= 0.3 is 6.03 Å². The second-order valence-electron chi connectivity index (χ2n) is 5.73. The topological polar surface area (TPSA) is 82.3 Å². The van der Waals surface area contributed by atoms with Gasteiger partial charge < -0.3 is 15.2 Å². The van der Waals surface area contributed by atoms with Crippen LogP contribution >= 0.6 is 0 Å². The van der Waals surface area contributed by atoms with Crippen molar-refractivity contribution >= 4 is 32.5 Å². The Hall–Kier alpha value is -2.02. The average molecular weight is 321 g/mol. The molecular weight excluding hydrogens is 302 g/mol. The highest BCUT2D eigenvalue weighted by molar-refractivity contribution is 7.90. The first-order valence-electron chi connectivity index (χ1n) is 7.25. The Kier molecular flexibility index (Phi) is 3.82. The van der Waals surface area contributed by atoms with Gasteiger partial charge in [-0.2, -0.15) is 0 Å². The van der Waals surface area contributed by atoms with Crippen molar-refractivity contribution in [2.24, 2.45) is 0 Å². The molecule has 1 saturated carbocycles. The minimum atomic E-state index is -3.08. The molecule has 1 fully saturated rings. The number of H-pyrrole nitrogens is 1. The number of rotatable bonds is 5. The molecule has 7 heteroatoms. The van der Waals surface area contributed by atoms with E-state index in [4.69, 9.17) is 0 Å². The van der Waals surface area contributed by atoms with Crippen molar-refractivity contribution in [2.75, 3.05) is 23.9 Å². The van der Waals surface area contributed by atoms with Crippen LogP contribution in [-0.4, -0.2) is 48.9 Å². The van der Waals surface area contributed by atoms with Crippen LogP contribution in [0.2, 0.25) is 0 Å². The number of amides is 2. The van der Waals surface area contributed by atoms with Crippen LogP contribution in [0.3, 0.4) is 0 Å². The van der Waals surface area contributed by atoms with Gasteiger partial charge in [-0.05, 0) is 31.0 Å². The summed E-state index contributed by atoms with van der Waals surface area (Å²) in [5.41, 5.74) is 1.68. The lowest BCUT2D eigenvalue weighted by atomic mass is 10.2. The molecule has 2 aromatic rings. The van der Waals surface area contributed by atoms with Crippen LogP contribution in [0.25, 0.3) is 10.9 Å². The zero-order chi connectivity index (χ0) is 15.7. The van der Waals surface area contributed by atoms with Crippen LogP contribution < -0.4 is 5.32 Å². The second kappa shape index (κ2) is 5.64. The van der Waals surface area contributed by atoms with E-state index in [9.17, 15) is 13.2 Å². The number of nitrogens with zero attached hydrogens (tertiary/aromatic N) is 1. The average Bonchev–Trinajstić information content (AvgIpc) is 3.14. The standard InChI is InChI=1S/C15H19N3O3S/c1-22(20,21)10-9-18(11-5-6-11)15(19)17-14-4-2-3-13-12(14)7-8-16-13/h2-4,7-8,11,16H,5-6,9-10H2,1H3,(H,17,19). The summed E-state index contributed by atoms with van der Waals surface area (Å²) in [6.07, 6.45) is 4.89. The molecule has 1 heterocycles. The number of urea groups is 1. The molecule has 118 valence electrons. The number of benzene rings is 1. The smallest absolute Gasteiger partial charge is 0.322 e. The largest absolute Gasteiger partial charge is 0.361 e. The van der Waals surface area contributed by atoms with Crippen LogP contribution in [-0.2, 0) is 9.84 Å². The Morgan fingerprint density at radius 1 is 1.36 bits per heavy atom. The predicted molar refractivity (Wildman–Crippen MR) is 86.8 cm³/mol. The Labute approximate surface area is 129 Å². The normalized spacial score (nSPS) is 15.0. The fraction of sp³-hybridized carbons (Fsp3) is 0.400. The number of nitrogens with one attached hydrogen (secondary N) is 2. The van der Waals surface area contributed by atoms with Crippen molar-refractivity contribution in [2.45, 2.75) is 18.9 Å². The third-order valence-corrected chi connectivity index (χ3v) is 4.71. The van der Waals surface area contributed by atoms with Crippen molar-refractivity contribution in [1.29, 1.82) is 0 Å². The van der Waals surface area contributed by atoms with Gasteiger partial charge in [-0.25, -0.2) is 13.2 Å². The lowest BCUT2D eigenvalue weighted by Crippen LogP contribution is -2.39. The number of carbonyl (C=O) groups is 1. The van der Waals surface area contributed by atoms with Crippen LogP contribution in [0.5, 0.6) is 0 Å². The number of hydrogen-bond donors (Lipinski definition) is 2. The van der Waals surface area contributed by atoms with E-state index in [1.54, 1.807) is 4.90 Å².